The lowest BCUT2D eigenvalue weighted by molar-refractivity contribution is -0.148. The Hall–Kier alpha value is -3.80. The number of fused-ring (bicyclic) bond motifs is 3. The highest BCUT2D eigenvalue weighted by Gasteiger charge is 2.63. The van der Waals surface area contributed by atoms with Gasteiger partial charge in [-0.2, -0.15) is 0 Å². The molecule has 0 saturated carbocycles. The van der Waals surface area contributed by atoms with E-state index in [2.05, 4.69) is 6.58 Å². The third kappa shape index (κ3) is 4.16. The second-order valence-electron chi connectivity index (χ2n) is 11.4. The normalized spacial score (nSPS) is 26.1. The summed E-state index contributed by atoms with van der Waals surface area (Å²) in [5, 5.41) is 45.2. The number of nitrogens with zero attached hydrogens (tertiary/aromatic N) is 2. The maximum Gasteiger partial charge on any atom is 0.255 e. The van der Waals surface area contributed by atoms with Gasteiger partial charge in [0.25, 0.3) is 5.91 Å². The summed E-state index contributed by atoms with van der Waals surface area (Å²) in [7, 11) is 6.77. The summed E-state index contributed by atoms with van der Waals surface area (Å²) in [6.45, 7) is 5.92. The molecule has 1 amide bonds. The largest absolute Gasteiger partial charge is 0.510 e. The van der Waals surface area contributed by atoms with E-state index in [1.165, 1.54) is 11.0 Å². The van der Waals surface area contributed by atoms with Crippen LogP contribution in [0.2, 0.25) is 0 Å². The first-order chi connectivity index (χ1) is 18.5. The number of Topliss-reactive ketones (excluding diaryl/α,β-unsaturated/α-hetero) is 3. The second kappa shape index (κ2) is 9.99. The van der Waals surface area contributed by atoms with E-state index in [-0.39, 0.29) is 47.3 Å². The van der Waals surface area contributed by atoms with Crippen molar-refractivity contribution in [3.8, 4) is 5.75 Å². The third-order valence-corrected chi connectivity index (χ3v) is 8.27. The van der Waals surface area contributed by atoms with Gasteiger partial charge in [0, 0.05) is 35.6 Å². The summed E-state index contributed by atoms with van der Waals surface area (Å²) in [5.74, 6) is -7.58. The predicted octanol–water partition coefficient (Wildman–Crippen LogP) is 1.29. The fourth-order valence-electron chi connectivity index (χ4n) is 6.35. The van der Waals surface area contributed by atoms with Crippen LogP contribution in [-0.2, 0) is 16.0 Å². The number of primary amides is 1. The molecule has 0 saturated heterocycles. The molecule has 4 atom stereocenters. The first-order valence-corrected chi connectivity index (χ1v) is 12.9. The lowest BCUT2D eigenvalue weighted by Crippen LogP contribution is -2.63. The van der Waals surface area contributed by atoms with Gasteiger partial charge in [-0.25, -0.2) is 0 Å². The quantitative estimate of drug-likeness (QED) is 0.244. The van der Waals surface area contributed by atoms with Gasteiger partial charge in [0.2, 0.25) is 5.78 Å². The topological polar surface area (TPSA) is 182 Å². The van der Waals surface area contributed by atoms with Crippen LogP contribution in [0.1, 0.15) is 51.6 Å². The molecule has 0 aromatic heterocycles. The number of allylic oxidation sites excluding steroid dienone is 2. The molecule has 1 aromatic carbocycles. The lowest BCUT2D eigenvalue weighted by Gasteiger charge is -2.50. The van der Waals surface area contributed by atoms with Gasteiger partial charge in [-0.05, 0) is 71.1 Å². The number of nitrogens with two attached hydrogens (primary N) is 1. The average molecular weight is 554 g/mol. The van der Waals surface area contributed by atoms with E-state index in [4.69, 9.17) is 5.73 Å². The molecule has 1 aromatic rings. The number of hydrogen-bond acceptors (Lipinski definition) is 10. The van der Waals surface area contributed by atoms with Crippen molar-refractivity contribution in [2.75, 3.05) is 34.7 Å². The summed E-state index contributed by atoms with van der Waals surface area (Å²) >= 11 is 0. The van der Waals surface area contributed by atoms with Gasteiger partial charge >= 0.3 is 0 Å². The smallest absolute Gasteiger partial charge is 0.255 e. The molecule has 3 aliphatic carbocycles. The molecule has 0 aliphatic heterocycles. The van der Waals surface area contributed by atoms with Gasteiger partial charge in [0.1, 0.15) is 22.8 Å². The molecule has 11 nitrogen and oxygen atoms in total. The van der Waals surface area contributed by atoms with Gasteiger partial charge in [-0.1, -0.05) is 6.58 Å². The Labute approximate surface area is 231 Å². The van der Waals surface area contributed by atoms with Gasteiger partial charge in [-0.15, -0.1) is 0 Å². The highest BCUT2D eigenvalue weighted by molar-refractivity contribution is 6.25. The van der Waals surface area contributed by atoms with Crippen molar-refractivity contribution >= 4 is 28.8 Å². The van der Waals surface area contributed by atoms with Crippen molar-refractivity contribution in [3.63, 3.8) is 0 Å². The average Bonchev–Trinajstić information content (AvgIpc) is 2.84. The predicted molar refractivity (Wildman–Crippen MR) is 146 cm³/mol. The zero-order chi connectivity index (χ0) is 30.0. The Morgan fingerprint density at radius 2 is 1.75 bits per heavy atom. The van der Waals surface area contributed by atoms with Crippen LogP contribution in [0, 0.1) is 11.8 Å². The SMILES string of the molecule is C=C(C)c1cc(C(=O)CCN(C)C)c2c(c1O)C(=O)C1=C(O)[C@]3(O)C(=O)C(C(N)=O)=C(O)[C@@H](N(C)C)[C@@H]3C[C@@H]1C2. The van der Waals surface area contributed by atoms with Crippen molar-refractivity contribution in [2.45, 2.75) is 37.8 Å². The number of benzene rings is 1. The van der Waals surface area contributed by atoms with Crippen LogP contribution in [0.5, 0.6) is 5.75 Å². The standard InChI is InChI=1S/C29H35N3O8/c1-12(2)14-11-15(18(33)7-8-31(3)4)16-9-13-10-17-22(32(5)6)25(36)21(28(30)39)27(38)29(17,40)26(37)19(13)24(35)20(16)23(14)34/h11,13,17,22,34,36-37,40H,1,7-10H2,2-6H3,(H2,30,39)/t13-,17-,22-,29-/m0/s1. The highest BCUT2D eigenvalue weighted by Crippen LogP contribution is 2.53. The Morgan fingerprint density at radius 1 is 1.12 bits per heavy atom. The van der Waals surface area contributed by atoms with Crippen molar-refractivity contribution in [3.05, 3.63) is 57.6 Å². The first kappa shape index (κ1) is 29.2. The van der Waals surface area contributed by atoms with E-state index in [1.807, 2.05) is 19.0 Å². The number of phenolic OH excluding ortho intramolecular Hbond substituents is 1. The number of aromatic hydroxyl groups is 1. The monoisotopic (exact) mass is 553 g/mol. The molecule has 0 heterocycles. The van der Waals surface area contributed by atoms with E-state index in [1.54, 1.807) is 21.0 Å². The van der Waals surface area contributed by atoms with Gasteiger partial charge in [-0.3, -0.25) is 24.1 Å². The van der Waals surface area contributed by atoms with Crippen LogP contribution in [-0.4, -0.2) is 99.9 Å². The molecular weight excluding hydrogens is 518 g/mol. The Kier molecular flexibility index (Phi) is 7.29. The van der Waals surface area contributed by atoms with Crippen LogP contribution in [0.3, 0.4) is 0 Å². The maximum absolute atomic E-state index is 14.0. The summed E-state index contributed by atoms with van der Waals surface area (Å²) in [5.41, 5.74) is 2.45. The van der Waals surface area contributed by atoms with Gasteiger partial charge in [0.05, 0.1) is 11.6 Å². The minimum atomic E-state index is -2.73. The second-order valence-corrected chi connectivity index (χ2v) is 11.4. The molecule has 11 heteroatoms. The van der Waals surface area contributed by atoms with Gasteiger partial charge < -0.3 is 31.1 Å². The first-order valence-electron chi connectivity index (χ1n) is 12.9. The van der Waals surface area contributed by atoms with Crippen molar-refractivity contribution < 1.29 is 39.6 Å². The molecule has 6 N–H and O–H groups in total. The Bertz CT molecular complexity index is 1440. The molecule has 4 rings (SSSR count). The fourth-order valence-corrected chi connectivity index (χ4v) is 6.35. The third-order valence-electron chi connectivity index (χ3n) is 8.27. The number of rotatable bonds is 7. The lowest BCUT2D eigenvalue weighted by atomic mass is 9.58. The van der Waals surface area contributed by atoms with Crippen LogP contribution in [0.4, 0.5) is 0 Å². The van der Waals surface area contributed by atoms with E-state index >= 15 is 0 Å². The van der Waals surface area contributed by atoms with Crippen molar-refractivity contribution in [2.24, 2.45) is 17.6 Å². The summed E-state index contributed by atoms with van der Waals surface area (Å²) in [6, 6.07) is 0.432. The molecule has 0 fully saturated rings. The summed E-state index contributed by atoms with van der Waals surface area (Å²) in [4.78, 5) is 56.2. The molecule has 3 aliphatic rings. The number of phenols is 1. The van der Waals surface area contributed by atoms with Crippen LogP contribution in [0.15, 0.2) is 35.3 Å². The molecule has 0 spiro atoms. The van der Waals surface area contributed by atoms with Crippen LogP contribution >= 0.6 is 0 Å². The van der Waals surface area contributed by atoms with E-state index < -0.39 is 63.8 Å². The number of likely N-dealkylation sites (N-methyl/N-ethyl adjacent to an activating group) is 1. The van der Waals surface area contributed by atoms with Crippen molar-refractivity contribution in [1.82, 2.24) is 9.80 Å². The zero-order valence-electron chi connectivity index (χ0n) is 23.2. The summed E-state index contributed by atoms with van der Waals surface area (Å²) in [6.07, 6.45) is 0.141. The number of carbonyl (C=O) groups excluding carboxylic acids is 4. The highest BCUT2D eigenvalue weighted by atomic mass is 16.3. The van der Waals surface area contributed by atoms with E-state index in [0.717, 1.165) is 0 Å². The maximum atomic E-state index is 14.0. The number of aliphatic hydroxyl groups excluding tert-OH is 2. The number of carbonyl (C=O) groups is 4. The van der Waals surface area contributed by atoms with Crippen LogP contribution < -0.4 is 5.73 Å². The van der Waals surface area contributed by atoms with E-state index in [0.29, 0.717) is 17.7 Å². The molecule has 0 unspecified atom stereocenters. The molecule has 214 valence electrons. The van der Waals surface area contributed by atoms with E-state index in [9.17, 15) is 39.6 Å². The zero-order valence-corrected chi connectivity index (χ0v) is 23.2. The minimum Gasteiger partial charge on any atom is -0.510 e. The molecule has 40 heavy (non-hydrogen) atoms. The van der Waals surface area contributed by atoms with Crippen LogP contribution in [0.25, 0.3) is 5.57 Å². The summed E-state index contributed by atoms with van der Waals surface area (Å²) < 4.78 is 0. The number of ketones is 3. The number of amides is 1. The molecular formula is C29H35N3O8. The Morgan fingerprint density at radius 3 is 2.27 bits per heavy atom. The van der Waals surface area contributed by atoms with Gasteiger partial charge in [0.15, 0.2) is 17.2 Å². The molecule has 0 radical (unpaired) electrons. The number of aliphatic hydroxyl groups is 3. The fraction of sp³-hybridized carbons (Fsp3) is 0.448. The molecule has 0 bridgehead atoms. The number of hydrogen-bond donors (Lipinski definition) is 5. The van der Waals surface area contributed by atoms with Crippen molar-refractivity contribution in [1.29, 1.82) is 0 Å². The minimum absolute atomic E-state index is 0.0433. The Balaban J connectivity index is 1.97.